The summed E-state index contributed by atoms with van der Waals surface area (Å²) in [5, 5.41) is 0. The Balaban J connectivity index is 4.16. The van der Waals surface area contributed by atoms with Gasteiger partial charge in [0, 0.05) is 19.8 Å². The highest BCUT2D eigenvalue weighted by atomic mass is 35.5. The smallest absolute Gasteiger partial charge is 0.373 e. The molecule has 0 aliphatic rings. The summed E-state index contributed by atoms with van der Waals surface area (Å²) in [5.74, 6) is 0. The molecule has 15 heavy (non-hydrogen) atoms. The minimum absolute atomic E-state index is 0.340. The Morgan fingerprint density at radius 3 is 1.33 bits per heavy atom. The first kappa shape index (κ1) is 15.4. The minimum Gasteiger partial charge on any atom is -0.373 e. The maximum atomic E-state index is 5.92. The van der Waals surface area contributed by atoms with E-state index in [4.69, 9.17) is 24.9 Å². The molecule has 0 fully saturated rings. The van der Waals surface area contributed by atoms with Crippen molar-refractivity contribution in [1.29, 1.82) is 0 Å². The maximum Gasteiger partial charge on any atom is 0.516 e. The van der Waals surface area contributed by atoms with Crippen molar-refractivity contribution >= 4 is 20.4 Å². The molecule has 92 valence electrons. The van der Waals surface area contributed by atoms with Gasteiger partial charge in [0.25, 0.3) is 0 Å². The van der Waals surface area contributed by atoms with Crippen LogP contribution >= 0.6 is 11.6 Å². The van der Waals surface area contributed by atoms with E-state index in [1.165, 1.54) is 0 Å². The maximum absolute atomic E-state index is 5.92. The molecule has 0 spiro atoms. The van der Waals surface area contributed by atoms with Crippen LogP contribution in [0.15, 0.2) is 0 Å². The van der Waals surface area contributed by atoms with Crippen LogP contribution in [0.2, 0.25) is 0 Å². The molecule has 0 amide bonds. The average molecular weight is 255 g/mol. The third-order valence-corrected chi connectivity index (χ3v) is 4.98. The quantitative estimate of drug-likeness (QED) is 0.443. The third-order valence-electron chi connectivity index (χ3n) is 1.74. The third kappa shape index (κ3) is 6.53. The molecular formula is C10H23ClO3Si. The lowest BCUT2D eigenvalue weighted by Crippen LogP contribution is -2.49. The van der Waals surface area contributed by atoms with Crippen LogP contribution in [0.3, 0.4) is 0 Å². The van der Waals surface area contributed by atoms with Crippen LogP contribution in [0, 0.1) is 0 Å². The monoisotopic (exact) mass is 254 g/mol. The van der Waals surface area contributed by atoms with Gasteiger partial charge in [-0.05, 0) is 19.3 Å². The zero-order valence-corrected chi connectivity index (χ0v) is 11.8. The van der Waals surface area contributed by atoms with Gasteiger partial charge >= 0.3 is 8.80 Å². The van der Waals surface area contributed by atoms with Crippen molar-refractivity contribution in [2.45, 2.75) is 40.0 Å². The van der Waals surface area contributed by atoms with Crippen LogP contribution in [-0.4, -0.2) is 34.1 Å². The van der Waals surface area contributed by atoms with Gasteiger partial charge in [0.2, 0.25) is 0 Å². The summed E-state index contributed by atoms with van der Waals surface area (Å²) in [4.78, 5) is 0. The Labute approximate surface area is 99.4 Å². The molecule has 0 heterocycles. The molecule has 0 saturated carbocycles. The van der Waals surface area contributed by atoms with Gasteiger partial charge in [-0.25, -0.2) is 0 Å². The summed E-state index contributed by atoms with van der Waals surface area (Å²) in [6, 6.07) is 0. The first-order valence-corrected chi connectivity index (χ1v) is 8.19. The van der Waals surface area contributed by atoms with Gasteiger partial charge in [-0.3, -0.25) is 0 Å². The molecule has 0 rings (SSSR count). The summed E-state index contributed by atoms with van der Waals surface area (Å²) in [6.45, 7) is 8.16. The molecule has 0 unspecified atom stereocenters. The average Bonchev–Trinajstić information content (AvgIpc) is 2.29. The molecular weight excluding hydrogens is 232 g/mol. The van der Waals surface area contributed by atoms with E-state index in [9.17, 15) is 0 Å². The summed E-state index contributed by atoms with van der Waals surface area (Å²) in [5.41, 5.74) is 0.340. The first-order chi connectivity index (χ1) is 7.24. The Bertz CT molecular complexity index is 125. The van der Waals surface area contributed by atoms with Crippen LogP contribution in [0.25, 0.3) is 0 Å². The van der Waals surface area contributed by atoms with E-state index in [0.29, 0.717) is 25.3 Å². The van der Waals surface area contributed by atoms with Gasteiger partial charge in [-0.15, -0.1) is 11.6 Å². The van der Waals surface area contributed by atoms with E-state index in [-0.39, 0.29) is 0 Å². The lowest BCUT2D eigenvalue weighted by molar-refractivity contribution is 0.0645. The lowest BCUT2D eigenvalue weighted by atomic mass is 10.5. The van der Waals surface area contributed by atoms with E-state index in [2.05, 4.69) is 20.8 Å². The van der Waals surface area contributed by atoms with E-state index < -0.39 is 8.80 Å². The second-order valence-corrected chi connectivity index (χ2v) is 6.66. The Kier molecular flexibility index (Phi) is 9.85. The largest absolute Gasteiger partial charge is 0.516 e. The molecule has 0 aromatic heterocycles. The molecule has 5 heteroatoms. The topological polar surface area (TPSA) is 27.7 Å². The van der Waals surface area contributed by atoms with Crippen molar-refractivity contribution < 1.29 is 13.3 Å². The van der Waals surface area contributed by atoms with Crippen molar-refractivity contribution in [2.24, 2.45) is 0 Å². The van der Waals surface area contributed by atoms with Crippen molar-refractivity contribution in [3.8, 4) is 0 Å². The Morgan fingerprint density at radius 2 is 1.13 bits per heavy atom. The highest BCUT2D eigenvalue weighted by Gasteiger charge is 2.40. The van der Waals surface area contributed by atoms with Crippen LogP contribution in [0.1, 0.15) is 40.0 Å². The standard InChI is InChI=1S/C10H23ClO3Si/c1-4-7-12-15(10-11,13-8-5-2)14-9-6-3/h4-10H2,1-3H3. The van der Waals surface area contributed by atoms with Crippen molar-refractivity contribution in [2.75, 3.05) is 25.3 Å². The molecule has 0 bridgehead atoms. The Morgan fingerprint density at radius 1 is 0.800 bits per heavy atom. The van der Waals surface area contributed by atoms with Gasteiger partial charge in [0.05, 0.1) is 5.50 Å². The molecule has 0 aromatic rings. The SMILES string of the molecule is CCCO[Si](CCl)(OCCC)OCCC. The number of halogens is 1. The minimum atomic E-state index is -2.57. The van der Waals surface area contributed by atoms with E-state index in [1.54, 1.807) is 0 Å². The second kappa shape index (κ2) is 9.60. The fourth-order valence-electron chi connectivity index (χ4n) is 1.01. The molecule has 0 aromatic carbocycles. The lowest BCUT2D eigenvalue weighted by Gasteiger charge is -2.27. The van der Waals surface area contributed by atoms with Gasteiger partial charge in [-0.2, -0.15) is 0 Å². The number of hydrogen-bond acceptors (Lipinski definition) is 3. The van der Waals surface area contributed by atoms with Crippen LogP contribution < -0.4 is 0 Å². The molecule has 0 radical (unpaired) electrons. The normalized spacial score (nSPS) is 12.0. The Hall–Kier alpha value is 0.387. The molecule has 0 atom stereocenters. The fourth-order valence-corrected chi connectivity index (χ4v) is 3.73. The van der Waals surface area contributed by atoms with Gasteiger partial charge in [0.1, 0.15) is 0 Å². The predicted octanol–water partition coefficient (Wildman–Crippen LogP) is 2.98. The van der Waals surface area contributed by atoms with Crippen molar-refractivity contribution in [3.63, 3.8) is 0 Å². The fraction of sp³-hybridized carbons (Fsp3) is 1.00. The number of hydrogen-bond donors (Lipinski definition) is 0. The highest BCUT2D eigenvalue weighted by molar-refractivity contribution is 6.69. The zero-order valence-electron chi connectivity index (χ0n) is 10.1. The van der Waals surface area contributed by atoms with E-state index in [0.717, 1.165) is 19.3 Å². The van der Waals surface area contributed by atoms with Crippen LogP contribution in [-0.2, 0) is 13.3 Å². The summed E-state index contributed by atoms with van der Waals surface area (Å²) in [6.07, 6.45) is 2.86. The highest BCUT2D eigenvalue weighted by Crippen LogP contribution is 2.13. The molecule has 0 N–H and O–H groups in total. The first-order valence-electron chi connectivity index (χ1n) is 5.72. The predicted molar refractivity (Wildman–Crippen MR) is 65.2 cm³/mol. The van der Waals surface area contributed by atoms with Gasteiger partial charge < -0.3 is 13.3 Å². The van der Waals surface area contributed by atoms with Crippen LogP contribution in [0.5, 0.6) is 0 Å². The molecule has 3 nitrogen and oxygen atoms in total. The zero-order chi connectivity index (χ0) is 11.6. The molecule has 0 saturated heterocycles. The van der Waals surface area contributed by atoms with Crippen molar-refractivity contribution in [1.82, 2.24) is 0 Å². The number of alkyl halides is 1. The summed E-state index contributed by atoms with van der Waals surface area (Å²) < 4.78 is 17.1. The summed E-state index contributed by atoms with van der Waals surface area (Å²) in [7, 11) is -2.57. The van der Waals surface area contributed by atoms with E-state index >= 15 is 0 Å². The van der Waals surface area contributed by atoms with Crippen molar-refractivity contribution in [3.05, 3.63) is 0 Å². The van der Waals surface area contributed by atoms with Gasteiger partial charge in [0.15, 0.2) is 0 Å². The molecule has 0 aliphatic heterocycles. The van der Waals surface area contributed by atoms with Gasteiger partial charge in [-0.1, -0.05) is 20.8 Å². The number of rotatable bonds is 10. The molecule has 0 aliphatic carbocycles. The second-order valence-electron chi connectivity index (χ2n) is 3.36. The van der Waals surface area contributed by atoms with E-state index in [1.807, 2.05) is 0 Å². The summed E-state index contributed by atoms with van der Waals surface area (Å²) >= 11 is 5.92. The van der Waals surface area contributed by atoms with Crippen LogP contribution in [0.4, 0.5) is 0 Å².